The van der Waals surface area contributed by atoms with E-state index in [9.17, 15) is 9.59 Å². The minimum absolute atomic E-state index is 0.0956. The third kappa shape index (κ3) is 6.59. The van der Waals surface area contributed by atoms with Gasteiger partial charge in [-0.3, -0.25) is 9.69 Å². The molecule has 3 aliphatic rings. The Kier molecular flexibility index (Phi) is 8.28. The van der Waals surface area contributed by atoms with Crippen molar-refractivity contribution in [3.63, 3.8) is 0 Å². The lowest BCUT2D eigenvalue weighted by Crippen LogP contribution is -2.56. The van der Waals surface area contributed by atoms with Gasteiger partial charge in [0.15, 0.2) is 0 Å². The average molecular weight is 436 g/mol. The SMILES string of the molecule is C[C@H](C(=O)N1CCC(C2CCN(C)CC2)CC1)N(C(=O)OC(C)(C)C)C1CCCCC1. The molecule has 3 fully saturated rings. The minimum atomic E-state index is -0.556. The summed E-state index contributed by atoms with van der Waals surface area (Å²) in [5, 5.41) is 0. The first-order valence-corrected chi connectivity index (χ1v) is 12.6. The lowest BCUT2D eigenvalue weighted by Gasteiger charge is -2.43. The largest absolute Gasteiger partial charge is 0.444 e. The first-order valence-electron chi connectivity index (χ1n) is 12.6. The van der Waals surface area contributed by atoms with E-state index in [0.717, 1.165) is 63.5 Å². The van der Waals surface area contributed by atoms with Crippen molar-refractivity contribution < 1.29 is 14.3 Å². The highest BCUT2D eigenvalue weighted by atomic mass is 16.6. The molecule has 0 radical (unpaired) electrons. The van der Waals surface area contributed by atoms with Gasteiger partial charge >= 0.3 is 6.09 Å². The molecule has 0 spiro atoms. The average Bonchev–Trinajstić information content (AvgIpc) is 2.73. The number of hydrogen-bond donors (Lipinski definition) is 0. The fourth-order valence-electron chi connectivity index (χ4n) is 5.77. The van der Waals surface area contributed by atoms with Crippen LogP contribution >= 0.6 is 0 Å². The highest BCUT2D eigenvalue weighted by Gasteiger charge is 2.39. The van der Waals surface area contributed by atoms with Crippen LogP contribution in [0.1, 0.15) is 85.5 Å². The van der Waals surface area contributed by atoms with Crippen molar-refractivity contribution in [3.05, 3.63) is 0 Å². The Labute approximate surface area is 189 Å². The van der Waals surface area contributed by atoms with Crippen LogP contribution in [-0.2, 0) is 9.53 Å². The fraction of sp³-hybridized carbons (Fsp3) is 0.920. The molecule has 0 aromatic rings. The van der Waals surface area contributed by atoms with Gasteiger partial charge in [-0.2, -0.15) is 0 Å². The third-order valence-electron chi connectivity index (χ3n) is 7.63. The summed E-state index contributed by atoms with van der Waals surface area (Å²) in [5.41, 5.74) is -0.556. The summed E-state index contributed by atoms with van der Waals surface area (Å²) in [4.78, 5) is 32.8. The predicted molar refractivity (Wildman–Crippen MR) is 124 cm³/mol. The van der Waals surface area contributed by atoms with Crippen LogP contribution in [0.25, 0.3) is 0 Å². The Morgan fingerprint density at radius 1 is 0.871 bits per heavy atom. The summed E-state index contributed by atoms with van der Waals surface area (Å²) in [6.45, 7) is 11.6. The van der Waals surface area contributed by atoms with Crippen LogP contribution in [0, 0.1) is 11.8 Å². The lowest BCUT2D eigenvalue weighted by atomic mass is 9.79. The summed E-state index contributed by atoms with van der Waals surface area (Å²) in [6.07, 6.45) is 9.83. The number of carbonyl (C=O) groups excluding carboxylic acids is 2. The van der Waals surface area contributed by atoms with Gasteiger partial charge in [0.25, 0.3) is 0 Å². The second kappa shape index (κ2) is 10.5. The molecule has 1 aliphatic carbocycles. The summed E-state index contributed by atoms with van der Waals surface area (Å²) in [5.74, 6) is 1.65. The topological polar surface area (TPSA) is 53.1 Å². The molecule has 0 N–H and O–H groups in total. The van der Waals surface area contributed by atoms with Crippen LogP contribution in [0.2, 0.25) is 0 Å². The second-order valence-corrected chi connectivity index (χ2v) is 11.2. The molecule has 2 aliphatic heterocycles. The highest BCUT2D eigenvalue weighted by molar-refractivity contribution is 5.85. The van der Waals surface area contributed by atoms with Crippen LogP contribution in [0.3, 0.4) is 0 Å². The number of carbonyl (C=O) groups is 2. The molecule has 2 saturated heterocycles. The van der Waals surface area contributed by atoms with Crippen LogP contribution in [0.5, 0.6) is 0 Å². The number of nitrogens with zero attached hydrogens (tertiary/aromatic N) is 3. The minimum Gasteiger partial charge on any atom is -0.444 e. The van der Waals surface area contributed by atoms with Crippen molar-refractivity contribution in [1.82, 2.24) is 14.7 Å². The Bertz CT molecular complexity index is 596. The molecule has 178 valence electrons. The molecule has 1 saturated carbocycles. The number of likely N-dealkylation sites (tertiary alicyclic amines) is 2. The summed E-state index contributed by atoms with van der Waals surface area (Å²) >= 11 is 0. The Hall–Kier alpha value is -1.30. The second-order valence-electron chi connectivity index (χ2n) is 11.2. The quantitative estimate of drug-likeness (QED) is 0.651. The maximum atomic E-state index is 13.4. The van der Waals surface area contributed by atoms with Crippen molar-refractivity contribution in [2.75, 3.05) is 33.2 Å². The van der Waals surface area contributed by atoms with Crippen molar-refractivity contribution in [2.45, 2.75) is 103 Å². The van der Waals surface area contributed by atoms with E-state index >= 15 is 0 Å². The molecule has 0 unspecified atom stereocenters. The van der Waals surface area contributed by atoms with Gasteiger partial charge in [0.1, 0.15) is 11.6 Å². The lowest BCUT2D eigenvalue weighted by molar-refractivity contribution is -0.139. The number of amides is 2. The normalized spacial score (nSPS) is 24.1. The third-order valence-corrected chi connectivity index (χ3v) is 7.63. The molecular weight excluding hydrogens is 390 g/mol. The molecule has 31 heavy (non-hydrogen) atoms. The molecule has 6 nitrogen and oxygen atoms in total. The molecule has 1 atom stereocenters. The van der Waals surface area contributed by atoms with E-state index in [2.05, 4.69) is 11.9 Å². The zero-order chi connectivity index (χ0) is 22.6. The van der Waals surface area contributed by atoms with Crippen molar-refractivity contribution >= 4 is 12.0 Å². The highest BCUT2D eigenvalue weighted by Crippen LogP contribution is 2.33. The van der Waals surface area contributed by atoms with Gasteiger partial charge in [0.2, 0.25) is 5.91 Å². The van der Waals surface area contributed by atoms with Crippen molar-refractivity contribution in [1.29, 1.82) is 0 Å². The van der Waals surface area contributed by atoms with E-state index in [1.54, 1.807) is 4.90 Å². The van der Waals surface area contributed by atoms with Gasteiger partial charge in [-0.25, -0.2) is 4.79 Å². The first-order chi connectivity index (χ1) is 14.7. The molecule has 6 heteroatoms. The smallest absolute Gasteiger partial charge is 0.411 e. The van der Waals surface area contributed by atoms with Crippen LogP contribution < -0.4 is 0 Å². The molecule has 2 heterocycles. The maximum Gasteiger partial charge on any atom is 0.411 e. The zero-order valence-electron chi connectivity index (χ0n) is 20.6. The van der Waals surface area contributed by atoms with Gasteiger partial charge in [-0.05, 0) is 98.2 Å². The van der Waals surface area contributed by atoms with E-state index < -0.39 is 11.6 Å². The summed E-state index contributed by atoms with van der Waals surface area (Å²) in [7, 11) is 2.21. The Morgan fingerprint density at radius 2 is 1.39 bits per heavy atom. The zero-order valence-corrected chi connectivity index (χ0v) is 20.6. The number of rotatable bonds is 4. The van der Waals surface area contributed by atoms with E-state index in [0.29, 0.717) is 0 Å². The Balaban J connectivity index is 1.60. The van der Waals surface area contributed by atoms with E-state index in [1.165, 1.54) is 32.4 Å². The van der Waals surface area contributed by atoms with Crippen LogP contribution in [0.4, 0.5) is 4.79 Å². The maximum absolute atomic E-state index is 13.4. The molecule has 0 aromatic heterocycles. The summed E-state index contributed by atoms with van der Waals surface area (Å²) < 4.78 is 5.73. The van der Waals surface area contributed by atoms with Crippen LogP contribution in [0.15, 0.2) is 0 Å². The number of hydrogen-bond acceptors (Lipinski definition) is 4. The standard InChI is InChI=1S/C25H45N3O3/c1-19(28(22-9-7-6-8-10-22)24(30)31-25(2,3)4)23(29)27-17-13-21(14-18-27)20-11-15-26(5)16-12-20/h19-22H,6-18H2,1-5H3/t19-/m1/s1. The Morgan fingerprint density at radius 3 is 1.90 bits per heavy atom. The van der Waals surface area contributed by atoms with Gasteiger partial charge in [0, 0.05) is 19.1 Å². The van der Waals surface area contributed by atoms with E-state index in [1.807, 2.05) is 32.6 Å². The molecule has 2 amide bonds. The number of piperidine rings is 2. The monoisotopic (exact) mass is 435 g/mol. The molecule has 0 bridgehead atoms. The van der Waals surface area contributed by atoms with Gasteiger partial charge in [0.05, 0.1) is 0 Å². The fourth-order valence-corrected chi connectivity index (χ4v) is 5.77. The number of ether oxygens (including phenoxy) is 1. The molecule has 3 rings (SSSR count). The van der Waals surface area contributed by atoms with Gasteiger partial charge in [-0.1, -0.05) is 19.3 Å². The summed E-state index contributed by atoms with van der Waals surface area (Å²) in [6, 6.07) is -0.350. The van der Waals surface area contributed by atoms with Crippen molar-refractivity contribution in [3.8, 4) is 0 Å². The van der Waals surface area contributed by atoms with Crippen LogP contribution in [-0.4, -0.2) is 77.6 Å². The van der Waals surface area contributed by atoms with E-state index in [-0.39, 0.29) is 18.0 Å². The predicted octanol–water partition coefficient (Wildman–Crippen LogP) is 4.53. The van der Waals surface area contributed by atoms with Gasteiger partial charge in [-0.15, -0.1) is 0 Å². The molecular formula is C25H45N3O3. The van der Waals surface area contributed by atoms with Crippen molar-refractivity contribution in [2.24, 2.45) is 11.8 Å². The molecule has 0 aromatic carbocycles. The van der Waals surface area contributed by atoms with Gasteiger partial charge < -0.3 is 14.5 Å². The van der Waals surface area contributed by atoms with E-state index in [4.69, 9.17) is 4.74 Å². The first kappa shape index (κ1) is 24.3.